The highest BCUT2D eigenvalue weighted by Gasteiger charge is 2.23. The van der Waals surface area contributed by atoms with Gasteiger partial charge in [0.25, 0.3) is 0 Å². The van der Waals surface area contributed by atoms with Crippen LogP contribution in [0.4, 0.5) is 8.78 Å². The molecule has 0 saturated heterocycles. The lowest BCUT2D eigenvalue weighted by Gasteiger charge is -2.15. The first-order valence-corrected chi connectivity index (χ1v) is 7.46. The normalized spacial score (nSPS) is 18.3. The SMILES string of the molecule is CCNC1CCCCc2c1cnn2-c1ccc(F)cc1F. The lowest BCUT2D eigenvalue weighted by atomic mass is 10.1. The minimum atomic E-state index is -0.579. The molecule has 1 aliphatic carbocycles. The summed E-state index contributed by atoms with van der Waals surface area (Å²) in [4.78, 5) is 0. The van der Waals surface area contributed by atoms with Gasteiger partial charge in [-0.1, -0.05) is 13.3 Å². The predicted molar refractivity (Wildman–Crippen MR) is 77.5 cm³/mol. The highest BCUT2D eigenvalue weighted by Crippen LogP contribution is 2.30. The summed E-state index contributed by atoms with van der Waals surface area (Å²) in [7, 11) is 0. The molecule has 1 aromatic heterocycles. The van der Waals surface area contributed by atoms with Crippen LogP contribution in [0.1, 0.15) is 43.5 Å². The molecule has 1 atom stereocenters. The number of nitrogens with one attached hydrogen (secondary N) is 1. The van der Waals surface area contributed by atoms with Crippen molar-refractivity contribution in [2.45, 2.75) is 38.6 Å². The van der Waals surface area contributed by atoms with E-state index in [-0.39, 0.29) is 6.04 Å². The average Bonchev–Trinajstić information content (AvgIpc) is 2.76. The van der Waals surface area contributed by atoms with Crippen molar-refractivity contribution in [1.29, 1.82) is 0 Å². The van der Waals surface area contributed by atoms with Gasteiger partial charge in [-0.3, -0.25) is 0 Å². The third kappa shape index (κ3) is 2.70. The monoisotopic (exact) mass is 291 g/mol. The number of hydrogen-bond acceptors (Lipinski definition) is 2. The lowest BCUT2D eigenvalue weighted by molar-refractivity contribution is 0.503. The second-order valence-electron chi connectivity index (χ2n) is 5.41. The molecule has 5 heteroatoms. The number of halogens is 2. The summed E-state index contributed by atoms with van der Waals surface area (Å²) in [5, 5.41) is 7.81. The van der Waals surface area contributed by atoms with Gasteiger partial charge in [-0.15, -0.1) is 0 Å². The fourth-order valence-corrected chi connectivity index (χ4v) is 3.04. The summed E-state index contributed by atoms with van der Waals surface area (Å²) < 4.78 is 28.7. The van der Waals surface area contributed by atoms with Crippen LogP contribution in [0.3, 0.4) is 0 Å². The Labute approximate surface area is 123 Å². The van der Waals surface area contributed by atoms with Crippen LogP contribution in [0.15, 0.2) is 24.4 Å². The maximum Gasteiger partial charge on any atom is 0.151 e. The molecule has 1 unspecified atom stereocenters. The summed E-state index contributed by atoms with van der Waals surface area (Å²) in [5.74, 6) is -1.15. The topological polar surface area (TPSA) is 29.9 Å². The number of benzene rings is 1. The Kier molecular flexibility index (Phi) is 4.01. The zero-order chi connectivity index (χ0) is 14.8. The van der Waals surface area contributed by atoms with Crippen molar-refractivity contribution in [3.05, 3.63) is 47.3 Å². The van der Waals surface area contributed by atoms with Crippen molar-refractivity contribution < 1.29 is 8.78 Å². The zero-order valence-electron chi connectivity index (χ0n) is 12.1. The van der Waals surface area contributed by atoms with Crippen molar-refractivity contribution in [2.24, 2.45) is 0 Å². The molecule has 1 heterocycles. The Balaban J connectivity index is 2.05. The molecule has 0 spiro atoms. The van der Waals surface area contributed by atoms with Crippen molar-refractivity contribution >= 4 is 0 Å². The number of aromatic nitrogens is 2. The van der Waals surface area contributed by atoms with Gasteiger partial charge in [0, 0.05) is 23.4 Å². The first-order valence-electron chi connectivity index (χ1n) is 7.46. The van der Waals surface area contributed by atoms with Crippen LogP contribution in [0.5, 0.6) is 0 Å². The smallest absolute Gasteiger partial charge is 0.151 e. The average molecular weight is 291 g/mol. The van der Waals surface area contributed by atoms with Gasteiger partial charge >= 0.3 is 0 Å². The molecule has 0 bridgehead atoms. The molecule has 1 aromatic carbocycles. The third-order valence-corrected chi connectivity index (χ3v) is 4.02. The lowest BCUT2D eigenvalue weighted by Crippen LogP contribution is -2.20. The fourth-order valence-electron chi connectivity index (χ4n) is 3.04. The molecular formula is C16H19F2N3. The van der Waals surface area contributed by atoms with Gasteiger partial charge in [0.2, 0.25) is 0 Å². The van der Waals surface area contributed by atoms with Crippen LogP contribution in [0.25, 0.3) is 5.69 Å². The van der Waals surface area contributed by atoms with Gasteiger partial charge in [0.15, 0.2) is 5.82 Å². The molecule has 1 N–H and O–H groups in total. The van der Waals surface area contributed by atoms with Crippen LogP contribution >= 0.6 is 0 Å². The van der Waals surface area contributed by atoms with E-state index in [4.69, 9.17) is 0 Å². The minimum Gasteiger partial charge on any atom is -0.310 e. The van der Waals surface area contributed by atoms with E-state index in [9.17, 15) is 8.78 Å². The highest BCUT2D eigenvalue weighted by atomic mass is 19.1. The summed E-state index contributed by atoms with van der Waals surface area (Å²) in [6, 6.07) is 3.89. The van der Waals surface area contributed by atoms with Crippen molar-refractivity contribution in [2.75, 3.05) is 6.54 Å². The molecule has 0 fully saturated rings. The van der Waals surface area contributed by atoms with E-state index < -0.39 is 11.6 Å². The first-order chi connectivity index (χ1) is 10.2. The Morgan fingerprint density at radius 1 is 1.33 bits per heavy atom. The molecule has 0 amide bonds. The molecule has 1 aliphatic rings. The van der Waals surface area contributed by atoms with E-state index >= 15 is 0 Å². The van der Waals surface area contributed by atoms with Crippen LogP contribution in [0, 0.1) is 11.6 Å². The van der Waals surface area contributed by atoms with Crippen molar-refractivity contribution in [3.8, 4) is 5.69 Å². The van der Waals surface area contributed by atoms with Gasteiger partial charge in [-0.05, 0) is 37.9 Å². The number of nitrogens with zero attached hydrogens (tertiary/aromatic N) is 2. The Morgan fingerprint density at radius 2 is 2.19 bits per heavy atom. The molecule has 112 valence electrons. The Bertz CT molecular complexity index is 636. The highest BCUT2D eigenvalue weighted by molar-refractivity contribution is 5.38. The molecular weight excluding hydrogens is 272 g/mol. The summed E-state index contributed by atoms with van der Waals surface area (Å²) in [6.07, 6.45) is 5.95. The molecule has 0 saturated carbocycles. The van der Waals surface area contributed by atoms with Crippen LogP contribution < -0.4 is 5.32 Å². The van der Waals surface area contributed by atoms with Crippen LogP contribution in [-0.2, 0) is 6.42 Å². The van der Waals surface area contributed by atoms with E-state index in [0.29, 0.717) is 5.69 Å². The third-order valence-electron chi connectivity index (χ3n) is 4.02. The van der Waals surface area contributed by atoms with Gasteiger partial charge < -0.3 is 5.32 Å². The summed E-state index contributed by atoms with van der Waals surface area (Å²) in [5.41, 5.74) is 2.48. The summed E-state index contributed by atoms with van der Waals surface area (Å²) in [6.45, 7) is 2.97. The molecule has 3 rings (SSSR count). The summed E-state index contributed by atoms with van der Waals surface area (Å²) >= 11 is 0. The minimum absolute atomic E-state index is 0.268. The standard InChI is InChI=1S/C16H19F2N3/c1-2-19-14-5-3-4-6-15-12(14)10-20-21(15)16-8-7-11(17)9-13(16)18/h7-10,14,19H,2-6H2,1H3. The number of fused-ring (bicyclic) bond motifs is 1. The fraction of sp³-hybridized carbons (Fsp3) is 0.438. The zero-order valence-corrected chi connectivity index (χ0v) is 12.1. The maximum absolute atomic E-state index is 14.0. The van der Waals surface area contributed by atoms with E-state index in [1.165, 1.54) is 12.1 Å². The van der Waals surface area contributed by atoms with E-state index in [1.54, 1.807) is 4.68 Å². The van der Waals surface area contributed by atoms with E-state index in [2.05, 4.69) is 17.3 Å². The molecule has 0 radical (unpaired) electrons. The van der Waals surface area contributed by atoms with Gasteiger partial charge in [0.05, 0.1) is 6.20 Å². The van der Waals surface area contributed by atoms with E-state index in [0.717, 1.165) is 49.6 Å². The predicted octanol–water partition coefficient (Wildman–Crippen LogP) is 3.53. The van der Waals surface area contributed by atoms with Crippen molar-refractivity contribution in [1.82, 2.24) is 15.1 Å². The van der Waals surface area contributed by atoms with Gasteiger partial charge in [-0.25, -0.2) is 13.5 Å². The van der Waals surface area contributed by atoms with Crippen LogP contribution in [0.2, 0.25) is 0 Å². The van der Waals surface area contributed by atoms with Crippen molar-refractivity contribution in [3.63, 3.8) is 0 Å². The van der Waals surface area contributed by atoms with Crippen LogP contribution in [-0.4, -0.2) is 16.3 Å². The largest absolute Gasteiger partial charge is 0.310 e. The Hall–Kier alpha value is -1.75. The molecule has 21 heavy (non-hydrogen) atoms. The second kappa shape index (κ2) is 5.93. The van der Waals surface area contributed by atoms with Gasteiger partial charge in [-0.2, -0.15) is 5.10 Å². The quantitative estimate of drug-likeness (QED) is 0.877. The maximum atomic E-state index is 14.0. The van der Waals surface area contributed by atoms with Gasteiger partial charge in [0.1, 0.15) is 11.5 Å². The van der Waals surface area contributed by atoms with E-state index in [1.807, 2.05) is 6.20 Å². The first kappa shape index (κ1) is 14.2. The Morgan fingerprint density at radius 3 is 2.95 bits per heavy atom. The molecule has 3 nitrogen and oxygen atoms in total. The molecule has 2 aromatic rings. The number of hydrogen-bond donors (Lipinski definition) is 1. The molecule has 0 aliphatic heterocycles. The number of rotatable bonds is 3. The second-order valence-corrected chi connectivity index (χ2v) is 5.41.